The highest BCUT2D eigenvalue weighted by Gasteiger charge is 2.39. The minimum atomic E-state index is -0.738. The number of rotatable bonds is 7. The van der Waals surface area contributed by atoms with E-state index in [1.54, 1.807) is 44.2 Å². The van der Waals surface area contributed by atoms with Gasteiger partial charge in [-0.3, -0.25) is 14.4 Å². The molecule has 0 saturated carbocycles. The quantitative estimate of drug-likeness (QED) is 0.284. The highest BCUT2D eigenvalue weighted by Crippen LogP contribution is 2.31. The van der Waals surface area contributed by atoms with Gasteiger partial charge in [0.25, 0.3) is 17.7 Å². The Labute approximate surface area is 231 Å². The summed E-state index contributed by atoms with van der Waals surface area (Å²) in [6.07, 6.45) is -0.328. The Balaban J connectivity index is 1.54. The summed E-state index contributed by atoms with van der Waals surface area (Å²) in [6, 6.07) is 16.5. The van der Waals surface area contributed by atoms with Crippen LogP contribution in [0.4, 0.5) is 17.1 Å². The molecule has 0 saturated heterocycles. The second-order valence-electron chi connectivity index (χ2n) is 9.57. The lowest BCUT2D eigenvalue weighted by atomic mass is 10.0. The number of halogens is 1. The van der Waals surface area contributed by atoms with Crippen LogP contribution in [0, 0.1) is 20.8 Å². The summed E-state index contributed by atoms with van der Waals surface area (Å²) in [4.78, 5) is 52.4. The Morgan fingerprint density at radius 1 is 0.872 bits per heavy atom. The van der Waals surface area contributed by atoms with E-state index in [-0.39, 0.29) is 34.0 Å². The maximum absolute atomic E-state index is 13.3. The van der Waals surface area contributed by atoms with Crippen LogP contribution in [-0.4, -0.2) is 29.8 Å². The van der Waals surface area contributed by atoms with Crippen molar-refractivity contribution in [1.29, 1.82) is 0 Å². The lowest BCUT2D eigenvalue weighted by molar-refractivity contribution is -0.120. The second kappa shape index (κ2) is 11.1. The zero-order valence-electron chi connectivity index (χ0n) is 22.2. The van der Waals surface area contributed by atoms with Crippen molar-refractivity contribution in [2.45, 2.75) is 40.7 Å². The molecule has 0 aromatic heterocycles. The molecule has 0 bridgehead atoms. The van der Waals surface area contributed by atoms with Crippen LogP contribution in [0.3, 0.4) is 0 Å². The summed E-state index contributed by atoms with van der Waals surface area (Å²) in [5.41, 5.74) is 4.71. The van der Waals surface area contributed by atoms with Crippen molar-refractivity contribution in [2.24, 2.45) is 0 Å². The fourth-order valence-electron chi connectivity index (χ4n) is 4.35. The molecule has 0 spiro atoms. The summed E-state index contributed by atoms with van der Waals surface area (Å²) in [5, 5.41) is 5.53. The van der Waals surface area contributed by atoms with Crippen molar-refractivity contribution >= 4 is 52.4 Å². The van der Waals surface area contributed by atoms with Crippen molar-refractivity contribution < 1.29 is 23.9 Å². The van der Waals surface area contributed by atoms with E-state index in [0.717, 1.165) is 27.3 Å². The van der Waals surface area contributed by atoms with Gasteiger partial charge in [0.05, 0.1) is 17.4 Å². The number of hydrogen-bond acceptors (Lipinski definition) is 6. The van der Waals surface area contributed by atoms with E-state index in [9.17, 15) is 19.2 Å². The minimum Gasteiger partial charge on any atom is -0.459 e. The van der Waals surface area contributed by atoms with Crippen LogP contribution >= 0.6 is 11.6 Å². The fourth-order valence-corrected chi connectivity index (χ4v) is 4.56. The van der Waals surface area contributed by atoms with Gasteiger partial charge in [-0.05, 0) is 82.1 Å². The summed E-state index contributed by atoms with van der Waals surface area (Å²) in [7, 11) is 0. The molecule has 0 aliphatic carbocycles. The first-order chi connectivity index (χ1) is 18.5. The molecule has 0 fully saturated rings. The molecule has 0 radical (unpaired) electrons. The number of anilines is 3. The average Bonchev–Trinajstić information content (AvgIpc) is 3.08. The maximum Gasteiger partial charge on any atom is 0.338 e. The predicted octanol–water partition coefficient (Wildman–Crippen LogP) is 5.87. The number of carbonyl (C=O) groups excluding carboxylic acids is 4. The Kier molecular flexibility index (Phi) is 7.88. The molecule has 3 aromatic carbocycles. The highest BCUT2D eigenvalue weighted by atomic mass is 35.5. The van der Waals surface area contributed by atoms with Crippen molar-refractivity contribution in [2.75, 3.05) is 15.5 Å². The van der Waals surface area contributed by atoms with E-state index in [1.807, 2.05) is 32.9 Å². The van der Waals surface area contributed by atoms with E-state index in [0.29, 0.717) is 11.3 Å². The number of esters is 1. The smallest absolute Gasteiger partial charge is 0.338 e. The first-order valence-corrected chi connectivity index (χ1v) is 12.7. The topological polar surface area (TPSA) is 105 Å². The monoisotopic (exact) mass is 545 g/mol. The van der Waals surface area contributed by atoms with E-state index in [1.165, 1.54) is 18.2 Å². The summed E-state index contributed by atoms with van der Waals surface area (Å²) < 4.78 is 5.21. The third-order valence-corrected chi connectivity index (χ3v) is 6.37. The zero-order chi connectivity index (χ0) is 28.4. The molecule has 2 N–H and O–H groups in total. The molecule has 1 aliphatic heterocycles. The minimum absolute atomic E-state index is 0.139. The molecule has 0 atom stereocenters. The van der Waals surface area contributed by atoms with Gasteiger partial charge in [0.2, 0.25) is 0 Å². The molecule has 0 unspecified atom stereocenters. The SMILES string of the molecule is Cc1cc(C)c(NC(=O)c2cccc(NC3=C(Cl)C(=O)N(c4cccc(C(=O)OC(C)C)c4)C3=O)c2)c(C)c1. The standard InChI is InChI=1S/C30H28ClN3O5/c1-16(2)39-30(38)21-9-7-11-23(15-21)34-28(36)24(31)26(29(34)37)32-22-10-6-8-20(14-22)27(35)33-25-18(4)12-17(3)13-19(25)5/h6-16,32H,1-5H3,(H,33,35). The number of nitrogens with one attached hydrogen (secondary N) is 2. The van der Waals surface area contributed by atoms with E-state index >= 15 is 0 Å². The van der Waals surface area contributed by atoms with Gasteiger partial charge in [-0.25, -0.2) is 9.69 Å². The number of ether oxygens (including phenoxy) is 1. The number of amides is 3. The van der Waals surface area contributed by atoms with Crippen LogP contribution in [0.5, 0.6) is 0 Å². The van der Waals surface area contributed by atoms with Crippen LogP contribution in [-0.2, 0) is 14.3 Å². The highest BCUT2D eigenvalue weighted by molar-refractivity contribution is 6.53. The maximum atomic E-state index is 13.3. The van der Waals surface area contributed by atoms with Gasteiger partial charge in [-0.1, -0.05) is 41.4 Å². The average molecular weight is 546 g/mol. The fraction of sp³-hybridized carbons (Fsp3) is 0.200. The van der Waals surface area contributed by atoms with Crippen LogP contribution in [0.1, 0.15) is 51.3 Å². The number of hydrogen-bond donors (Lipinski definition) is 2. The van der Waals surface area contributed by atoms with Crippen molar-refractivity contribution in [1.82, 2.24) is 0 Å². The number of nitrogens with zero attached hydrogens (tertiary/aromatic N) is 1. The Morgan fingerprint density at radius 2 is 1.51 bits per heavy atom. The first kappa shape index (κ1) is 27.6. The molecule has 4 rings (SSSR count). The Morgan fingerprint density at radius 3 is 2.18 bits per heavy atom. The Bertz CT molecular complexity index is 1520. The van der Waals surface area contributed by atoms with Crippen LogP contribution in [0.15, 0.2) is 71.4 Å². The van der Waals surface area contributed by atoms with Crippen LogP contribution in [0.25, 0.3) is 0 Å². The Hall–Kier alpha value is -4.43. The van der Waals surface area contributed by atoms with Crippen LogP contribution < -0.4 is 15.5 Å². The molecular formula is C30H28ClN3O5. The van der Waals surface area contributed by atoms with Crippen LogP contribution in [0.2, 0.25) is 0 Å². The normalized spacial score (nSPS) is 13.3. The molecule has 200 valence electrons. The van der Waals surface area contributed by atoms with Gasteiger partial charge in [0.1, 0.15) is 10.7 Å². The van der Waals surface area contributed by atoms with Crippen molar-refractivity contribution in [3.05, 3.63) is 99.2 Å². The number of carbonyl (C=O) groups is 4. The van der Waals surface area contributed by atoms with E-state index < -0.39 is 17.8 Å². The van der Waals surface area contributed by atoms with Gasteiger partial charge in [-0.2, -0.15) is 0 Å². The lowest BCUT2D eigenvalue weighted by Crippen LogP contribution is -2.32. The molecule has 3 aromatic rings. The predicted molar refractivity (Wildman–Crippen MR) is 151 cm³/mol. The zero-order valence-corrected chi connectivity index (χ0v) is 23.0. The summed E-state index contributed by atoms with van der Waals surface area (Å²) in [6.45, 7) is 9.30. The summed E-state index contributed by atoms with van der Waals surface area (Å²) in [5.74, 6) is -2.33. The largest absolute Gasteiger partial charge is 0.459 e. The van der Waals surface area contributed by atoms with Gasteiger partial charge in [-0.15, -0.1) is 0 Å². The number of aryl methyl sites for hydroxylation is 3. The third-order valence-electron chi connectivity index (χ3n) is 6.02. The molecule has 39 heavy (non-hydrogen) atoms. The van der Waals surface area contributed by atoms with Gasteiger partial charge in [0, 0.05) is 16.9 Å². The van der Waals surface area contributed by atoms with E-state index in [2.05, 4.69) is 10.6 Å². The number of benzene rings is 3. The van der Waals surface area contributed by atoms with Crippen molar-refractivity contribution in [3.8, 4) is 0 Å². The second-order valence-corrected chi connectivity index (χ2v) is 9.95. The molecule has 3 amide bonds. The third kappa shape index (κ3) is 5.86. The van der Waals surface area contributed by atoms with Gasteiger partial charge in [0.15, 0.2) is 0 Å². The summed E-state index contributed by atoms with van der Waals surface area (Å²) >= 11 is 6.28. The van der Waals surface area contributed by atoms with E-state index in [4.69, 9.17) is 16.3 Å². The molecule has 1 aliphatic rings. The molecular weight excluding hydrogens is 518 g/mol. The first-order valence-electron chi connectivity index (χ1n) is 12.3. The van der Waals surface area contributed by atoms with Crippen molar-refractivity contribution in [3.63, 3.8) is 0 Å². The molecule has 8 nitrogen and oxygen atoms in total. The molecule has 9 heteroatoms. The molecule has 1 heterocycles. The van der Waals surface area contributed by atoms with Gasteiger partial charge < -0.3 is 15.4 Å². The lowest BCUT2D eigenvalue weighted by Gasteiger charge is -2.16. The number of imide groups is 1. The van der Waals surface area contributed by atoms with Gasteiger partial charge >= 0.3 is 5.97 Å².